The number of nitrogens with zero attached hydrogens (tertiary/aromatic N) is 2. The number of pyridine rings is 1. The molecule has 1 unspecified atom stereocenters. The van der Waals surface area contributed by atoms with Crippen LogP contribution < -0.4 is 10.3 Å². The van der Waals surface area contributed by atoms with Crippen molar-refractivity contribution in [2.75, 3.05) is 11.9 Å². The molecular weight excluding hydrogens is 324 g/mol. The summed E-state index contributed by atoms with van der Waals surface area (Å²) < 4.78 is 2.08. The molecule has 0 bridgehead atoms. The van der Waals surface area contributed by atoms with Crippen LogP contribution in [-0.2, 0) is 6.42 Å². The minimum atomic E-state index is -0.270. The summed E-state index contributed by atoms with van der Waals surface area (Å²) in [4.78, 5) is 27.7. The van der Waals surface area contributed by atoms with E-state index in [2.05, 4.69) is 17.6 Å². The van der Waals surface area contributed by atoms with Gasteiger partial charge in [-0.3, -0.25) is 9.59 Å². The van der Waals surface area contributed by atoms with E-state index in [4.69, 9.17) is 0 Å². The Morgan fingerprint density at radius 2 is 1.92 bits per heavy atom. The summed E-state index contributed by atoms with van der Waals surface area (Å²) in [5.41, 5.74) is 5.27. The maximum atomic E-state index is 13.1. The normalized spacial score (nSPS) is 15.5. The second kappa shape index (κ2) is 5.84. The van der Waals surface area contributed by atoms with Gasteiger partial charge in [-0.1, -0.05) is 18.2 Å². The van der Waals surface area contributed by atoms with Gasteiger partial charge in [0.05, 0.1) is 5.52 Å². The summed E-state index contributed by atoms with van der Waals surface area (Å²) in [5, 5.41) is 0.631. The summed E-state index contributed by atoms with van der Waals surface area (Å²) in [6.07, 6.45) is 2.63. The smallest absolute Gasteiger partial charge is 0.263 e. The van der Waals surface area contributed by atoms with Gasteiger partial charge in [-0.15, -0.1) is 0 Å². The highest BCUT2D eigenvalue weighted by Crippen LogP contribution is 2.31. The lowest BCUT2D eigenvalue weighted by molar-refractivity contribution is 0.0991. The van der Waals surface area contributed by atoms with E-state index >= 15 is 0 Å². The molecule has 2 heterocycles. The molecule has 4 rings (SSSR count). The third-order valence-electron chi connectivity index (χ3n) is 5.54. The highest BCUT2D eigenvalue weighted by Gasteiger charge is 2.26. The van der Waals surface area contributed by atoms with Crippen molar-refractivity contribution < 1.29 is 4.79 Å². The number of rotatable bonds is 2. The number of anilines is 1. The molecule has 0 saturated heterocycles. The topological polar surface area (TPSA) is 42.3 Å². The zero-order valence-corrected chi connectivity index (χ0v) is 15.5. The average Bonchev–Trinajstić information content (AvgIpc) is 2.95. The summed E-state index contributed by atoms with van der Waals surface area (Å²) in [6, 6.07) is 11.9. The van der Waals surface area contributed by atoms with Crippen LogP contribution in [0.2, 0.25) is 0 Å². The van der Waals surface area contributed by atoms with E-state index in [1.165, 1.54) is 11.1 Å². The van der Waals surface area contributed by atoms with Crippen LogP contribution >= 0.6 is 0 Å². The quantitative estimate of drug-likeness (QED) is 0.703. The van der Waals surface area contributed by atoms with Crippen molar-refractivity contribution in [2.24, 2.45) is 0 Å². The van der Waals surface area contributed by atoms with E-state index in [1.807, 2.05) is 44.2 Å². The van der Waals surface area contributed by atoms with Crippen LogP contribution in [0, 0.1) is 13.8 Å². The fraction of sp³-hybridized carbons (Fsp3) is 0.273. The Bertz CT molecular complexity index is 1110. The van der Waals surface area contributed by atoms with Gasteiger partial charge in [0.15, 0.2) is 0 Å². The van der Waals surface area contributed by atoms with E-state index in [0.717, 1.165) is 23.2 Å². The number of carbonyl (C=O) groups excluding carboxylic acids is 1. The molecule has 1 aliphatic rings. The van der Waals surface area contributed by atoms with Crippen LogP contribution in [0.1, 0.15) is 40.0 Å². The molecule has 2 aromatic carbocycles. The molecule has 0 aliphatic carbocycles. The number of aryl methyl sites for hydroxylation is 2. The first-order chi connectivity index (χ1) is 12.4. The lowest BCUT2D eigenvalue weighted by Crippen LogP contribution is -2.31. The number of hydrogen-bond acceptors (Lipinski definition) is 2. The van der Waals surface area contributed by atoms with Crippen LogP contribution in [0.5, 0.6) is 0 Å². The Morgan fingerprint density at radius 1 is 1.15 bits per heavy atom. The molecule has 4 nitrogen and oxygen atoms in total. The lowest BCUT2D eigenvalue weighted by atomic mass is 10.1. The summed E-state index contributed by atoms with van der Waals surface area (Å²) in [5.74, 6) is -0.270. The first-order valence-electron chi connectivity index (χ1n) is 8.90. The maximum absolute atomic E-state index is 13.1. The second-order valence-corrected chi connectivity index (χ2v) is 7.28. The summed E-state index contributed by atoms with van der Waals surface area (Å²) in [6.45, 7) is 6.18. The van der Waals surface area contributed by atoms with Crippen molar-refractivity contribution in [1.29, 1.82) is 0 Å². The largest absolute Gasteiger partial charge is 0.343 e. The minimum absolute atomic E-state index is 0.187. The second-order valence-electron chi connectivity index (χ2n) is 7.28. The van der Waals surface area contributed by atoms with Gasteiger partial charge in [-0.2, -0.15) is 0 Å². The highest BCUT2D eigenvalue weighted by atomic mass is 16.2. The van der Waals surface area contributed by atoms with Gasteiger partial charge in [0.1, 0.15) is 5.56 Å². The highest BCUT2D eigenvalue weighted by molar-refractivity contribution is 6.07. The SMILES string of the molecule is Cc1ccc(N(C)C(=O)c2cn3c4c(cccc4c2=O)CC3C)cc1C. The Balaban J connectivity index is 1.85. The molecule has 0 fully saturated rings. The van der Waals surface area contributed by atoms with Crippen LogP contribution in [0.3, 0.4) is 0 Å². The molecular formula is C22H22N2O2. The summed E-state index contributed by atoms with van der Waals surface area (Å²) in [7, 11) is 1.72. The third-order valence-corrected chi connectivity index (χ3v) is 5.54. The number of benzene rings is 2. The maximum Gasteiger partial charge on any atom is 0.263 e. The van der Waals surface area contributed by atoms with Crippen LogP contribution in [0.25, 0.3) is 10.9 Å². The lowest BCUT2D eigenvalue weighted by Gasteiger charge is -2.20. The van der Waals surface area contributed by atoms with Gasteiger partial charge in [-0.05, 0) is 62.1 Å². The molecule has 1 amide bonds. The molecule has 1 aliphatic heterocycles. The molecule has 4 heteroatoms. The van der Waals surface area contributed by atoms with Crippen LogP contribution in [0.15, 0.2) is 47.4 Å². The molecule has 26 heavy (non-hydrogen) atoms. The number of para-hydroxylation sites is 1. The van der Waals surface area contributed by atoms with Crippen molar-refractivity contribution >= 4 is 22.5 Å². The molecule has 0 N–H and O–H groups in total. The molecule has 1 atom stereocenters. The molecule has 1 aromatic heterocycles. The fourth-order valence-corrected chi connectivity index (χ4v) is 3.80. The first-order valence-corrected chi connectivity index (χ1v) is 8.90. The van der Waals surface area contributed by atoms with Crippen molar-refractivity contribution in [3.63, 3.8) is 0 Å². The minimum Gasteiger partial charge on any atom is -0.343 e. The average molecular weight is 346 g/mol. The zero-order chi connectivity index (χ0) is 18.6. The molecule has 3 aromatic rings. The fourth-order valence-electron chi connectivity index (χ4n) is 3.80. The van der Waals surface area contributed by atoms with E-state index in [-0.39, 0.29) is 22.9 Å². The van der Waals surface area contributed by atoms with Crippen molar-refractivity contribution in [3.05, 3.63) is 75.1 Å². The Labute approximate surface area is 152 Å². The standard InChI is InChI=1S/C22H22N2O2/c1-13-8-9-17(10-14(13)2)23(4)22(26)19-12-24-15(3)11-16-6-5-7-18(20(16)24)21(19)25/h5-10,12,15H,11H2,1-4H3. The van der Waals surface area contributed by atoms with Crippen LogP contribution in [0.4, 0.5) is 5.69 Å². The van der Waals surface area contributed by atoms with E-state index < -0.39 is 0 Å². The third kappa shape index (κ3) is 2.37. The predicted octanol–water partition coefficient (Wildman–Crippen LogP) is 4.01. The Hall–Kier alpha value is -2.88. The van der Waals surface area contributed by atoms with Crippen molar-refractivity contribution in [3.8, 4) is 0 Å². The monoisotopic (exact) mass is 346 g/mol. The van der Waals surface area contributed by atoms with Crippen LogP contribution in [-0.4, -0.2) is 17.5 Å². The predicted molar refractivity (Wildman–Crippen MR) is 105 cm³/mol. The first kappa shape index (κ1) is 16.6. The van der Waals surface area contributed by atoms with Gasteiger partial charge >= 0.3 is 0 Å². The van der Waals surface area contributed by atoms with E-state index in [0.29, 0.717) is 5.39 Å². The van der Waals surface area contributed by atoms with Gasteiger partial charge in [0.25, 0.3) is 5.91 Å². The van der Waals surface area contributed by atoms with Gasteiger partial charge in [-0.25, -0.2) is 0 Å². The number of amides is 1. The number of carbonyl (C=O) groups is 1. The number of hydrogen-bond donors (Lipinski definition) is 0. The summed E-state index contributed by atoms with van der Waals surface area (Å²) >= 11 is 0. The van der Waals surface area contributed by atoms with Gasteiger partial charge in [0.2, 0.25) is 5.43 Å². The molecule has 0 spiro atoms. The molecule has 132 valence electrons. The number of aromatic nitrogens is 1. The molecule has 0 radical (unpaired) electrons. The van der Waals surface area contributed by atoms with Crippen molar-refractivity contribution in [1.82, 2.24) is 4.57 Å². The van der Waals surface area contributed by atoms with E-state index in [9.17, 15) is 9.59 Å². The zero-order valence-electron chi connectivity index (χ0n) is 15.5. The van der Waals surface area contributed by atoms with Crippen molar-refractivity contribution in [2.45, 2.75) is 33.2 Å². The Morgan fingerprint density at radius 3 is 2.65 bits per heavy atom. The van der Waals surface area contributed by atoms with Gasteiger partial charge < -0.3 is 9.47 Å². The van der Waals surface area contributed by atoms with E-state index in [1.54, 1.807) is 18.1 Å². The van der Waals surface area contributed by atoms with Gasteiger partial charge in [0, 0.05) is 30.4 Å². The molecule has 0 saturated carbocycles. The Kier molecular flexibility index (Phi) is 3.72.